The first-order valence-corrected chi connectivity index (χ1v) is 9.07. The van der Waals surface area contributed by atoms with Crippen molar-refractivity contribution in [1.82, 2.24) is 4.90 Å². The van der Waals surface area contributed by atoms with Crippen LogP contribution in [0.15, 0.2) is 12.1 Å². The molecular formula is C21H26N2O4. The number of nitrogen functional groups attached to an aromatic ring is 1. The van der Waals surface area contributed by atoms with Gasteiger partial charge in [-0.25, -0.2) is 0 Å². The van der Waals surface area contributed by atoms with Gasteiger partial charge in [-0.15, -0.1) is 0 Å². The van der Waals surface area contributed by atoms with Crippen molar-refractivity contribution in [2.45, 2.75) is 18.9 Å². The summed E-state index contributed by atoms with van der Waals surface area (Å²) in [7, 11) is 8.78. The second-order valence-corrected chi connectivity index (χ2v) is 7.06. The molecule has 0 amide bonds. The number of hydrogen-bond donors (Lipinski definition) is 1. The minimum absolute atomic E-state index is 0.247. The van der Waals surface area contributed by atoms with Crippen LogP contribution in [0.1, 0.15) is 22.7 Å². The lowest BCUT2D eigenvalue weighted by Crippen LogP contribution is -2.36. The Labute approximate surface area is 159 Å². The summed E-state index contributed by atoms with van der Waals surface area (Å²) in [5.74, 6) is 2.73. The molecule has 4 rings (SSSR count). The van der Waals surface area contributed by atoms with Gasteiger partial charge in [-0.1, -0.05) is 0 Å². The van der Waals surface area contributed by atoms with Gasteiger partial charge >= 0.3 is 0 Å². The molecule has 144 valence electrons. The number of nitrogens with zero attached hydrogens (tertiary/aromatic N) is 1. The average Bonchev–Trinajstić information content (AvgIpc) is 2.69. The van der Waals surface area contributed by atoms with E-state index >= 15 is 0 Å². The summed E-state index contributed by atoms with van der Waals surface area (Å²) in [5.41, 5.74) is 13.0. The Morgan fingerprint density at radius 3 is 2.26 bits per heavy atom. The van der Waals surface area contributed by atoms with Gasteiger partial charge in [-0.2, -0.15) is 0 Å². The first-order chi connectivity index (χ1) is 13.0. The fourth-order valence-electron chi connectivity index (χ4n) is 4.55. The number of likely N-dealkylation sites (N-methyl/N-ethyl adjacent to an activating group) is 1. The third kappa shape index (κ3) is 2.43. The van der Waals surface area contributed by atoms with Crippen molar-refractivity contribution in [1.29, 1.82) is 0 Å². The van der Waals surface area contributed by atoms with Gasteiger partial charge in [0.2, 0.25) is 0 Å². The maximum Gasteiger partial charge on any atom is 0.184 e. The molecule has 0 saturated heterocycles. The van der Waals surface area contributed by atoms with E-state index in [1.165, 1.54) is 16.7 Å². The number of fused-ring (bicyclic) bond motifs is 2. The minimum atomic E-state index is 0.247. The quantitative estimate of drug-likeness (QED) is 0.835. The summed E-state index contributed by atoms with van der Waals surface area (Å²) in [6.07, 6.45) is 1.78. The molecule has 1 heterocycles. The summed E-state index contributed by atoms with van der Waals surface area (Å²) in [6.45, 7) is 0.958. The maximum absolute atomic E-state index is 6.50. The second-order valence-electron chi connectivity index (χ2n) is 7.06. The summed E-state index contributed by atoms with van der Waals surface area (Å²) in [5, 5.41) is 0. The van der Waals surface area contributed by atoms with E-state index in [0.29, 0.717) is 22.9 Å². The molecule has 0 unspecified atom stereocenters. The first-order valence-electron chi connectivity index (χ1n) is 9.07. The molecule has 2 aliphatic rings. The molecule has 2 aromatic rings. The Morgan fingerprint density at radius 2 is 1.63 bits per heavy atom. The van der Waals surface area contributed by atoms with Crippen molar-refractivity contribution in [2.24, 2.45) is 0 Å². The molecule has 6 heteroatoms. The molecule has 2 N–H and O–H groups in total. The molecular weight excluding hydrogens is 344 g/mol. The highest BCUT2D eigenvalue weighted by atomic mass is 16.5. The molecule has 2 aromatic carbocycles. The van der Waals surface area contributed by atoms with Gasteiger partial charge in [0.1, 0.15) is 0 Å². The van der Waals surface area contributed by atoms with Crippen LogP contribution in [-0.2, 0) is 12.8 Å². The number of methoxy groups -OCH3 is 4. The highest BCUT2D eigenvalue weighted by Crippen LogP contribution is 2.56. The summed E-state index contributed by atoms with van der Waals surface area (Å²) < 4.78 is 22.6. The lowest BCUT2D eigenvalue weighted by atomic mass is 9.76. The number of anilines is 1. The van der Waals surface area contributed by atoms with E-state index < -0.39 is 0 Å². The van der Waals surface area contributed by atoms with Gasteiger partial charge in [0, 0.05) is 18.2 Å². The van der Waals surface area contributed by atoms with Crippen LogP contribution in [0, 0.1) is 0 Å². The number of benzene rings is 2. The third-order valence-corrected chi connectivity index (χ3v) is 5.88. The van der Waals surface area contributed by atoms with Crippen LogP contribution < -0.4 is 24.7 Å². The monoisotopic (exact) mass is 370 g/mol. The number of nitrogens with two attached hydrogens (primary N) is 1. The topological polar surface area (TPSA) is 66.2 Å². The average molecular weight is 370 g/mol. The van der Waals surface area contributed by atoms with E-state index in [0.717, 1.165) is 36.3 Å². The molecule has 1 aliphatic carbocycles. The summed E-state index contributed by atoms with van der Waals surface area (Å²) in [4.78, 5) is 2.39. The van der Waals surface area contributed by atoms with E-state index in [4.69, 9.17) is 24.7 Å². The maximum atomic E-state index is 6.50. The zero-order valence-corrected chi connectivity index (χ0v) is 16.5. The van der Waals surface area contributed by atoms with Crippen LogP contribution in [0.2, 0.25) is 0 Å². The predicted molar refractivity (Wildman–Crippen MR) is 105 cm³/mol. The van der Waals surface area contributed by atoms with E-state index in [1.54, 1.807) is 28.4 Å². The molecule has 0 saturated carbocycles. The van der Waals surface area contributed by atoms with E-state index in [2.05, 4.69) is 18.0 Å². The van der Waals surface area contributed by atoms with Gasteiger partial charge in [-0.05, 0) is 54.3 Å². The molecule has 0 bridgehead atoms. The normalized spacial score (nSPS) is 17.7. The van der Waals surface area contributed by atoms with Gasteiger partial charge in [0.15, 0.2) is 23.0 Å². The van der Waals surface area contributed by atoms with E-state index in [9.17, 15) is 0 Å². The predicted octanol–water partition coefficient (Wildman–Crippen LogP) is 3.06. The van der Waals surface area contributed by atoms with Crippen LogP contribution in [0.5, 0.6) is 23.0 Å². The van der Waals surface area contributed by atoms with E-state index in [-0.39, 0.29) is 6.04 Å². The minimum Gasteiger partial charge on any atom is -0.493 e. The third-order valence-electron chi connectivity index (χ3n) is 5.88. The SMILES string of the molecule is COc1cc2c(cc1OC)-c1c(OC)c(OC)c(N)c3c1[C@@H](C2)N(C)CC3. The Morgan fingerprint density at radius 1 is 0.963 bits per heavy atom. The van der Waals surface area contributed by atoms with Crippen LogP contribution in [-0.4, -0.2) is 46.9 Å². The Hall–Kier alpha value is -2.60. The highest BCUT2D eigenvalue weighted by Gasteiger charge is 2.38. The highest BCUT2D eigenvalue weighted by molar-refractivity contribution is 5.89. The Balaban J connectivity index is 2.11. The lowest BCUT2D eigenvalue weighted by Gasteiger charge is -2.41. The smallest absolute Gasteiger partial charge is 0.184 e. The van der Waals surface area contributed by atoms with Crippen molar-refractivity contribution in [3.05, 3.63) is 28.8 Å². The molecule has 27 heavy (non-hydrogen) atoms. The standard InChI is InChI=1S/C21H26N2O4/c1-23-7-6-12-17-14(23)8-11-9-15(24-2)16(25-3)10-13(11)18(17)20(26-4)21(27-5)19(12)22/h9-10,14H,6-8,22H2,1-5H3/t14-/m1/s1. The fraction of sp³-hybridized carbons (Fsp3) is 0.429. The van der Waals surface area contributed by atoms with Crippen LogP contribution >= 0.6 is 0 Å². The number of ether oxygens (including phenoxy) is 4. The van der Waals surface area contributed by atoms with Crippen LogP contribution in [0.4, 0.5) is 5.69 Å². The van der Waals surface area contributed by atoms with Gasteiger partial charge in [-0.3, -0.25) is 4.90 Å². The number of hydrogen-bond acceptors (Lipinski definition) is 6. The van der Waals surface area contributed by atoms with Crippen molar-refractivity contribution in [3.63, 3.8) is 0 Å². The molecule has 6 nitrogen and oxygen atoms in total. The van der Waals surface area contributed by atoms with Gasteiger partial charge in [0.25, 0.3) is 0 Å². The largest absolute Gasteiger partial charge is 0.493 e. The molecule has 0 spiro atoms. The molecule has 1 atom stereocenters. The van der Waals surface area contributed by atoms with Gasteiger partial charge < -0.3 is 24.7 Å². The first kappa shape index (κ1) is 17.8. The number of rotatable bonds is 4. The molecule has 0 aromatic heterocycles. The van der Waals surface area contributed by atoms with Crippen molar-refractivity contribution in [3.8, 4) is 34.1 Å². The van der Waals surface area contributed by atoms with Crippen LogP contribution in [0.3, 0.4) is 0 Å². The van der Waals surface area contributed by atoms with E-state index in [1.807, 2.05) is 6.07 Å². The van der Waals surface area contributed by atoms with Gasteiger partial charge in [0.05, 0.1) is 34.1 Å². The summed E-state index contributed by atoms with van der Waals surface area (Å²) >= 11 is 0. The van der Waals surface area contributed by atoms with Crippen molar-refractivity contribution in [2.75, 3.05) is 47.8 Å². The zero-order chi connectivity index (χ0) is 19.3. The molecule has 1 aliphatic heterocycles. The Bertz CT molecular complexity index is 910. The fourth-order valence-corrected chi connectivity index (χ4v) is 4.55. The lowest BCUT2D eigenvalue weighted by molar-refractivity contribution is 0.227. The molecule has 0 radical (unpaired) electrons. The van der Waals surface area contributed by atoms with Crippen LogP contribution in [0.25, 0.3) is 11.1 Å². The molecule has 0 fully saturated rings. The van der Waals surface area contributed by atoms with Crippen molar-refractivity contribution < 1.29 is 18.9 Å². The zero-order valence-electron chi connectivity index (χ0n) is 16.5. The Kier molecular flexibility index (Phi) is 4.30. The second kappa shape index (κ2) is 6.53. The summed E-state index contributed by atoms with van der Waals surface area (Å²) in [6, 6.07) is 4.35. The van der Waals surface area contributed by atoms with Crippen molar-refractivity contribution >= 4 is 5.69 Å².